The van der Waals surface area contributed by atoms with Crippen molar-refractivity contribution in [2.45, 2.75) is 13.1 Å². The number of ether oxygens (including phenoxy) is 1. The molecule has 1 aliphatic rings. The Balaban J connectivity index is 1.82. The standard InChI is InChI=1S/C18H19FN4O5S/c1-20-17(24)11-6-7-12-9-23(18(25)28-15(12)8-11)10-13-4-3-5-14(16(13)19)22-29(26,27)21-2/h3-8,21-22H,9-10H2,1-2H3,(H,20,24). The molecule has 0 spiro atoms. The zero-order valence-electron chi connectivity index (χ0n) is 15.7. The van der Waals surface area contributed by atoms with Crippen LogP contribution in [0.4, 0.5) is 14.9 Å². The fourth-order valence-electron chi connectivity index (χ4n) is 2.80. The molecule has 9 nitrogen and oxygen atoms in total. The van der Waals surface area contributed by atoms with E-state index in [1.165, 1.54) is 43.3 Å². The summed E-state index contributed by atoms with van der Waals surface area (Å²) in [4.78, 5) is 25.3. The molecule has 1 aliphatic heterocycles. The van der Waals surface area contributed by atoms with E-state index in [-0.39, 0.29) is 36.0 Å². The van der Waals surface area contributed by atoms with Crippen LogP contribution in [0, 0.1) is 5.82 Å². The van der Waals surface area contributed by atoms with Crippen molar-refractivity contribution >= 4 is 27.9 Å². The molecular weight excluding hydrogens is 403 g/mol. The van der Waals surface area contributed by atoms with Crippen molar-refractivity contribution in [3.63, 3.8) is 0 Å². The summed E-state index contributed by atoms with van der Waals surface area (Å²) in [5, 5.41) is 2.49. The number of amides is 2. The average molecular weight is 422 g/mol. The lowest BCUT2D eigenvalue weighted by Gasteiger charge is -2.28. The highest BCUT2D eigenvalue weighted by molar-refractivity contribution is 7.90. The Morgan fingerprint density at radius 1 is 1.24 bits per heavy atom. The summed E-state index contributed by atoms with van der Waals surface area (Å²) < 4.78 is 47.3. The largest absolute Gasteiger partial charge is 0.415 e. The third-order valence-electron chi connectivity index (χ3n) is 4.33. The van der Waals surface area contributed by atoms with E-state index in [2.05, 4.69) is 10.0 Å². The maximum atomic E-state index is 14.7. The number of hydrogen-bond acceptors (Lipinski definition) is 5. The first-order valence-corrected chi connectivity index (χ1v) is 10.0. The van der Waals surface area contributed by atoms with Crippen LogP contribution >= 0.6 is 0 Å². The SMILES string of the molecule is CNC(=O)c1ccc2c(c1)OC(=O)N(Cc1cccc(NS(=O)(=O)NC)c1F)C2. The van der Waals surface area contributed by atoms with Crippen molar-refractivity contribution in [1.29, 1.82) is 0 Å². The van der Waals surface area contributed by atoms with Crippen LogP contribution < -0.4 is 19.5 Å². The number of anilines is 1. The molecule has 2 aromatic carbocycles. The van der Waals surface area contributed by atoms with Gasteiger partial charge in [0.05, 0.1) is 18.8 Å². The van der Waals surface area contributed by atoms with E-state index in [0.717, 1.165) is 0 Å². The second-order valence-electron chi connectivity index (χ2n) is 6.21. The first kappa shape index (κ1) is 20.6. The highest BCUT2D eigenvalue weighted by Crippen LogP contribution is 2.29. The number of carbonyl (C=O) groups excluding carboxylic acids is 2. The molecule has 2 aromatic rings. The molecule has 0 unspecified atom stereocenters. The minimum Gasteiger partial charge on any atom is -0.410 e. The van der Waals surface area contributed by atoms with Gasteiger partial charge in [-0.05, 0) is 18.2 Å². The molecule has 3 N–H and O–H groups in total. The number of rotatable bonds is 6. The summed E-state index contributed by atoms with van der Waals surface area (Å²) >= 11 is 0. The lowest BCUT2D eigenvalue weighted by atomic mass is 10.1. The highest BCUT2D eigenvalue weighted by atomic mass is 32.2. The Labute approximate surface area is 167 Å². The molecule has 3 rings (SSSR count). The maximum absolute atomic E-state index is 14.7. The highest BCUT2D eigenvalue weighted by Gasteiger charge is 2.27. The summed E-state index contributed by atoms with van der Waals surface area (Å²) in [6, 6.07) is 8.93. The van der Waals surface area contributed by atoms with Gasteiger partial charge < -0.3 is 10.1 Å². The van der Waals surface area contributed by atoms with Crippen LogP contribution in [0.3, 0.4) is 0 Å². The second-order valence-corrected chi connectivity index (χ2v) is 7.83. The van der Waals surface area contributed by atoms with Gasteiger partial charge in [-0.2, -0.15) is 8.42 Å². The Morgan fingerprint density at radius 3 is 2.69 bits per heavy atom. The monoisotopic (exact) mass is 422 g/mol. The summed E-state index contributed by atoms with van der Waals surface area (Å²) in [7, 11) is -1.20. The number of nitrogens with zero attached hydrogens (tertiary/aromatic N) is 1. The van der Waals surface area contributed by atoms with E-state index in [4.69, 9.17) is 4.74 Å². The summed E-state index contributed by atoms with van der Waals surface area (Å²) in [5.74, 6) is -0.836. The van der Waals surface area contributed by atoms with Crippen LogP contribution in [-0.4, -0.2) is 39.4 Å². The number of nitrogens with one attached hydrogen (secondary N) is 3. The van der Waals surface area contributed by atoms with Crippen molar-refractivity contribution in [2.24, 2.45) is 0 Å². The van der Waals surface area contributed by atoms with E-state index >= 15 is 0 Å². The third-order valence-corrected chi connectivity index (χ3v) is 5.35. The fraction of sp³-hybridized carbons (Fsp3) is 0.222. The molecule has 0 saturated heterocycles. The Kier molecular flexibility index (Phi) is 5.71. The lowest BCUT2D eigenvalue weighted by molar-refractivity contribution is 0.0961. The van der Waals surface area contributed by atoms with Crippen molar-refractivity contribution in [3.8, 4) is 5.75 Å². The number of halogens is 1. The molecule has 2 amide bonds. The van der Waals surface area contributed by atoms with Crippen molar-refractivity contribution in [2.75, 3.05) is 18.8 Å². The van der Waals surface area contributed by atoms with Crippen LogP contribution in [0.5, 0.6) is 5.75 Å². The molecule has 0 saturated carbocycles. The summed E-state index contributed by atoms with van der Waals surface area (Å²) in [6.45, 7) is 0.0184. The van der Waals surface area contributed by atoms with Gasteiger partial charge in [-0.25, -0.2) is 13.9 Å². The van der Waals surface area contributed by atoms with Crippen LogP contribution in [0.1, 0.15) is 21.5 Å². The van der Waals surface area contributed by atoms with Gasteiger partial charge in [0.25, 0.3) is 16.1 Å². The van der Waals surface area contributed by atoms with Gasteiger partial charge in [0.15, 0.2) is 5.82 Å². The summed E-state index contributed by atoms with van der Waals surface area (Å²) in [5.41, 5.74) is 0.884. The maximum Gasteiger partial charge on any atom is 0.415 e. The second kappa shape index (κ2) is 8.05. The van der Waals surface area contributed by atoms with E-state index in [1.807, 2.05) is 4.72 Å². The van der Waals surface area contributed by atoms with E-state index in [9.17, 15) is 22.4 Å². The molecule has 0 bridgehead atoms. The number of hydrogen-bond donors (Lipinski definition) is 3. The van der Waals surface area contributed by atoms with Gasteiger partial charge >= 0.3 is 6.09 Å². The lowest BCUT2D eigenvalue weighted by Crippen LogP contribution is -2.37. The number of fused-ring (bicyclic) bond motifs is 1. The zero-order valence-corrected chi connectivity index (χ0v) is 16.5. The molecule has 29 heavy (non-hydrogen) atoms. The Hall–Kier alpha value is -3.18. The van der Waals surface area contributed by atoms with Crippen LogP contribution in [0.25, 0.3) is 0 Å². The normalized spacial score (nSPS) is 13.5. The van der Waals surface area contributed by atoms with Crippen molar-refractivity contribution < 1.29 is 27.1 Å². The van der Waals surface area contributed by atoms with Gasteiger partial charge in [-0.15, -0.1) is 0 Å². The fourth-order valence-corrected chi connectivity index (χ4v) is 3.35. The van der Waals surface area contributed by atoms with Gasteiger partial charge in [0.1, 0.15) is 5.75 Å². The van der Waals surface area contributed by atoms with Crippen molar-refractivity contribution in [3.05, 3.63) is 58.9 Å². The molecule has 154 valence electrons. The first-order valence-electron chi connectivity index (χ1n) is 8.54. The summed E-state index contributed by atoms with van der Waals surface area (Å²) in [6.07, 6.45) is -0.702. The number of carbonyl (C=O) groups is 2. The topological polar surface area (TPSA) is 117 Å². The molecule has 11 heteroatoms. The minimum absolute atomic E-state index is 0.115. The number of benzene rings is 2. The minimum atomic E-state index is -3.89. The predicted octanol–water partition coefficient (Wildman–Crippen LogP) is 1.58. The van der Waals surface area contributed by atoms with Crippen LogP contribution in [0.15, 0.2) is 36.4 Å². The molecule has 1 heterocycles. The van der Waals surface area contributed by atoms with E-state index in [1.54, 1.807) is 12.1 Å². The van der Waals surface area contributed by atoms with Crippen molar-refractivity contribution in [1.82, 2.24) is 14.9 Å². The molecule has 0 radical (unpaired) electrons. The molecule has 0 aromatic heterocycles. The average Bonchev–Trinajstić information content (AvgIpc) is 2.70. The quantitative estimate of drug-likeness (QED) is 0.654. The Morgan fingerprint density at radius 2 is 2.00 bits per heavy atom. The first-order chi connectivity index (χ1) is 13.7. The molecular formula is C18H19FN4O5S. The third kappa shape index (κ3) is 4.46. The van der Waals surface area contributed by atoms with Crippen LogP contribution in [0.2, 0.25) is 0 Å². The van der Waals surface area contributed by atoms with E-state index in [0.29, 0.717) is 11.1 Å². The van der Waals surface area contributed by atoms with Gasteiger partial charge in [0.2, 0.25) is 0 Å². The predicted molar refractivity (Wildman–Crippen MR) is 103 cm³/mol. The smallest absolute Gasteiger partial charge is 0.410 e. The molecule has 0 atom stereocenters. The van der Waals surface area contributed by atoms with Gasteiger partial charge in [0, 0.05) is 30.8 Å². The molecule has 0 aliphatic carbocycles. The van der Waals surface area contributed by atoms with Crippen LogP contribution in [-0.2, 0) is 23.3 Å². The molecule has 0 fully saturated rings. The van der Waals surface area contributed by atoms with E-state index < -0.39 is 22.1 Å². The van der Waals surface area contributed by atoms with Gasteiger partial charge in [-0.3, -0.25) is 14.4 Å². The Bertz CT molecular complexity index is 1070. The van der Waals surface area contributed by atoms with Gasteiger partial charge in [-0.1, -0.05) is 18.2 Å². The zero-order chi connectivity index (χ0) is 21.2.